The maximum atomic E-state index is 13.2. The van der Waals surface area contributed by atoms with Gasteiger partial charge in [-0.15, -0.1) is 0 Å². The number of nitrogens with two attached hydrogens (primary N) is 1. The Balaban J connectivity index is 1.84. The molecule has 1 aromatic heterocycles. The molecule has 1 aromatic carbocycles. The minimum absolute atomic E-state index is 0.0400. The molecule has 1 saturated carbocycles. The second-order valence-corrected chi connectivity index (χ2v) is 5.65. The van der Waals surface area contributed by atoms with Crippen molar-refractivity contribution in [1.82, 2.24) is 9.55 Å². The Morgan fingerprint density at radius 1 is 1.52 bits per heavy atom. The normalized spacial score (nSPS) is 21.9. The van der Waals surface area contributed by atoms with Crippen LogP contribution in [0.15, 0.2) is 18.2 Å². The van der Waals surface area contributed by atoms with Gasteiger partial charge in [-0.05, 0) is 37.4 Å². The quantitative estimate of drug-likeness (QED) is 0.908. The Morgan fingerprint density at radius 3 is 3.10 bits per heavy atom. The molecule has 3 N–H and O–H groups in total. The second-order valence-electron chi connectivity index (χ2n) is 5.65. The number of imidazole rings is 1. The number of nitrogens with one attached hydrogen (secondary N) is 1. The molecule has 1 aliphatic rings. The van der Waals surface area contributed by atoms with Crippen LogP contribution in [0.2, 0.25) is 0 Å². The van der Waals surface area contributed by atoms with Crippen LogP contribution >= 0.6 is 0 Å². The number of nitrogens with zero attached hydrogens (tertiary/aromatic N) is 2. The van der Waals surface area contributed by atoms with E-state index in [1.165, 1.54) is 12.1 Å². The summed E-state index contributed by atoms with van der Waals surface area (Å²) in [6.07, 6.45) is 2.91. The number of hydrogen-bond donors (Lipinski definition) is 2. The Morgan fingerprint density at radius 2 is 2.33 bits per heavy atom. The average molecular weight is 290 g/mol. The molecule has 0 bridgehead atoms. The molecule has 0 spiro atoms. The molecule has 112 valence electrons. The van der Waals surface area contributed by atoms with Crippen LogP contribution in [0.5, 0.6) is 0 Å². The third-order valence-electron chi connectivity index (χ3n) is 4.38. The SMILES string of the molecule is Cn1c(NC(=O)[C@@H]2CCC[C@@H]2CN)nc2cc(F)ccc21. The molecular formula is C15H19FN4O. The van der Waals surface area contributed by atoms with Crippen LogP contribution in [-0.4, -0.2) is 22.0 Å². The Kier molecular flexibility index (Phi) is 3.63. The van der Waals surface area contributed by atoms with E-state index in [9.17, 15) is 9.18 Å². The molecule has 0 radical (unpaired) electrons. The lowest BCUT2D eigenvalue weighted by Crippen LogP contribution is -2.30. The summed E-state index contributed by atoms with van der Waals surface area (Å²) in [6, 6.07) is 4.41. The van der Waals surface area contributed by atoms with Crippen LogP contribution in [0.1, 0.15) is 19.3 Å². The van der Waals surface area contributed by atoms with Gasteiger partial charge < -0.3 is 10.3 Å². The van der Waals surface area contributed by atoms with Gasteiger partial charge in [0, 0.05) is 19.0 Å². The van der Waals surface area contributed by atoms with Gasteiger partial charge in [0.15, 0.2) is 0 Å². The summed E-state index contributed by atoms with van der Waals surface area (Å²) in [5.74, 6) is 0.270. The molecule has 21 heavy (non-hydrogen) atoms. The fraction of sp³-hybridized carbons (Fsp3) is 0.467. The van der Waals surface area contributed by atoms with Crippen molar-refractivity contribution in [1.29, 1.82) is 0 Å². The topological polar surface area (TPSA) is 72.9 Å². The highest BCUT2D eigenvalue weighted by molar-refractivity contribution is 5.93. The number of carbonyl (C=O) groups excluding carboxylic acids is 1. The van der Waals surface area contributed by atoms with Gasteiger partial charge in [0.1, 0.15) is 5.82 Å². The van der Waals surface area contributed by atoms with Crippen molar-refractivity contribution in [2.24, 2.45) is 24.6 Å². The number of halogens is 1. The Labute approximate surface area is 122 Å². The first-order valence-electron chi connectivity index (χ1n) is 7.23. The summed E-state index contributed by atoms with van der Waals surface area (Å²) in [5, 5.41) is 2.86. The first kappa shape index (κ1) is 14.0. The molecule has 1 aliphatic carbocycles. The third kappa shape index (κ3) is 2.51. The maximum absolute atomic E-state index is 13.2. The number of fused-ring (bicyclic) bond motifs is 1. The Bertz CT molecular complexity index is 682. The van der Waals surface area contributed by atoms with E-state index in [2.05, 4.69) is 10.3 Å². The zero-order valence-electron chi connectivity index (χ0n) is 12.0. The van der Waals surface area contributed by atoms with Crippen LogP contribution in [0.25, 0.3) is 11.0 Å². The van der Waals surface area contributed by atoms with Crippen LogP contribution in [0, 0.1) is 17.7 Å². The summed E-state index contributed by atoms with van der Waals surface area (Å²) in [5.41, 5.74) is 7.04. The van der Waals surface area contributed by atoms with Crippen molar-refractivity contribution in [3.8, 4) is 0 Å². The first-order valence-corrected chi connectivity index (χ1v) is 7.23. The standard InChI is InChI=1S/C15H19FN4O/c1-20-13-6-5-10(16)7-12(13)18-15(20)19-14(21)11-4-2-3-9(11)8-17/h5-7,9,11H,2-4,8,17H2,1H3,(H,18,19,21)/t9-,11-/m1/s1. The van der Waals surface area contributed by atoms with Crippen molar-refractivity contribution in [2.45, 2.75) is 19.3 Å². The summed E-state index contributed by atoms with van der Waals surface area (Å²) in [7, 11) is 1.80. The van der Waals surface area contributed by atoms with E-state index in [4.69, 9.17) is 5.73 Å². The second kappa shape index (κ2) is 5.44. The van der Waals surface area contributed by atoms with Crippen molar-refractivity contribution in [3.05, 3.63) is 24.0 Å². The number of benzene rings is 1. The summed E-state index contributed by atoms with van der Waals surface area (Å²) in [4.78, 5) is 16.7. The van der Waals surface area contributed by atoms with E-state index in [0.717, 1.165) is 24.8 Å². The van der Waals surface area contributed by atoms with Crippen molar-refractivity contribution < 1.29 is 9.18 Å². The molecule has 5 nitrogen and oxygen atoms in total. The van der Waals surface area contributed by atoms with E-state index >= 15 is 0 Å². The molecule has 0 saturated heterocycles. The number of carbonyl (C=O) groups is 1. The fourth-order valence-electron chi connectivity index (χ4n) is 3.15. The van der Waals surface area contributed by atoms with Crippen LogP contribution < -0.4 is 11.1 Å². The lowest BCUT2D eigenvalue weighted by atomic mass is 9.95. The van der Waals surface area contributed by atoms with E-state index in [-0.39, 0.29) is 23.6 Å². The van der Waals surface area contributed by atoms with Crippen molar-refractivity contribution in [2.75, 3.05) is 11.9 Å². The van der Waals surface area contributed by atoms with E-state index in [0.29, 0.717) is 18.0 Å². The first-order chi connectivity index (χ1) is 10.1. The molecule has 3 rings (SSSR count). The van der Waals surface area contributed by atoms with E-state index in [1.54, 1.807) is 17.7 Å². The van der Waals surface area contributed by atoms with Crippen molar-refractivity contribution in [3.63, 3.8) is 0 Å². The molecule has 0 aliphatic heterocycles. The third-order valence-corrected chi connectivity index (χ3v) is 4.38. The lowest BCUT2D eigenvalue weighted by Gasteiger charge is -2.16. The number of aromatic nitrogens is 2. The maximum Gasteiger partial charge on any atom is 0.230 e. The van der Waals surface area contributed by atoms with Gasteiger partial charge in [0.05, 0.1) is 11.0 Å². The highest BCUT2D eigenvalue weighted by atomic mass is 19.1. The number of rotatable bonds is 3. The van der Waals surface area contributed by atoms with Crippen LogP contribution in [0.3, 0.4) is 0 Å². The molecular weight excluding hydrogens is 271 g/mol. The van der Waals surface area contributed by atoms with Gasteiger partial charge in [-0.3, -0.25) is 10.1 Å². The smallest absolute Gasteiger partial charge is 0.230 e. The van der Waals surface area contributed by atoms with Gasteiger partial charge in [0.25, 0.3) is 0 Å². The minimum Gasteiger partial charge on any atom is -0.330 e. The van der Waals surface area contributed by atoms with Gasteiger partial charge in [0.2, 0.25) is 11.9 Å². The van der Waals surface area contributed by atoms with E-state index in [1.807, 2.05) is 0 Å². The monoisotopic (exact) mass is 290 g/mol. The summed E-state index contributed by atoms with van der Waals surface area (Å²) >= 11 is 0. The molecule has 1 heterocycles. The average Bonchev–Trinajstić information content (AvgIpc) is 3.04. The largest absolute Gasteiger partial charge is 0.330 e. The molecule has 1 fully saturated rings. The number of aryl methyl sites for hydroxylation is 1. The molecule has 2 atom stereocenters. The Hall–Kier alpha value is -1.95. The van der Waals surface area contributed by atoms with E-state index < -0.39 is 0 Å². The van der Waals surface area contributed by atoms with Gasteiger partial charge in [-0.1, -0.05) is 6.42 Å². The number of hydrogen-bond acceptors (Lipinski definition) is 3. The lowest BCUT2D eigenvalue weighted by molar-refractivity contribution is -0.120. The minimum atomic E-state index is -0.336. The van der Waals surface area contributed by atoms with Gasteiger partial charge in [-0.2, -0.15) is 0 Å². The van der Waals surface area contributed by atoms with Crippen LogP contribution in [-0.2, 0) is 11.8 Å². The van der Waals surface area contributed by atoms with Crippen molar-refractivity contribution >= 4 is 22.9 Å². The number of anilines is 1. The zero-order valence-corrected chi connectivity index (χ0v) is 12.0. The molecule has 6 heteroatoms. The molecule has 2 aromatic rings. The summed E-state index contributed by atoms with van der Waals surface area (Å²) in [6.45, 7) is 0.534. The molecule has 0 unspecified atom stereocenters. The predicted molar refractivity (Wildman–Crippen MR) is 79.2 cm³/mol. The number of amides is 1. The van der Waals surface area contributed by atoms with Crippen LogP contribution in [0.4, 0.5) is 10.3 Å². The van der Waals surface area contributed by atoms with Gasteiger partial charge in [-0.25, -0.2) is 9.37 Å². The zero-order chi connectivity index (χ0) is 15.0. The fourth-order valence-corrected chi connectivity index (χ4v) is 3.15. The summed E-state index contributed by atoms with van der Waals surface area (Å²) < 4.78 is 15.0. The highest BCUT2D eigenvalue weighted by Gasteiger charge is 2.32. The van der Waals surface area contributed by atoms with Gasteiger partial charge >= 0.3 is 0 Å². The molecule has 1 amide bonds. The predicted octanol–water partition coefficient (Wildman–Crippen LogP) is 2.03. The highest BCUT2D eigenvalue weighted by Crippen LogP contribution is 2.32.